The van der Waals surface area contributed by atoms with Crippen molar-refractivity contribution in [3.8, 4) is 0 Å². The van der Waals surface area contributed by atoms with E-state index in [1.807, 2.05) is 13.0 Å². The summed E-state index contributed by atoms with van der Waals surface area (Å²) in [5.74, 6) is 1.48. The van der Waals surface area contributed by atoms with Crippen molar-refractivity contribution in [2.45, 2.75) is 40.0 Å². The Morgan fingerprint density at radius 1 is 1.08 bits per heavy atom. The SMILES string of the molecule is CCc1cccc(CC)c1Nc1nc(C)cc(NCCCOC)n1. The van der Waals surface area contributed by atoms with Crippen LogP contribution in [0.15, 0.2) is 24.3 Å². The minimum Gasteiger partial charge on any atom is -0.385 e. The van der Waals surface area contributed by atoms with Gasteiger partial charge in [-0.25, -0.2) is 4.98 Å². The number of aromatic nitrogens is 2. The van der Waals surface area contributed by atoms with Crippen molar-refractivity contribution >= 4 is 17.5 Å². The Hall–Kier alpha value is -2.14. The Kier molecular flexibility index (Phi) is 7.00. The zero-order valence-electron chi connectivity index (χ0n) is 15.1. The highest BCUT2D eigenvalue weighted by molar-refractivity contribution is 5.64. The molecule has 0 amide bonds. The summed E-state index contributed by atoms with van der Waals surface area (Å²) in [5.41, 5.74) is 4.65. The summed E-state index contributed by atoms with van der Waals surface area (Å²) in [6.45, 7) is 7.89. The molecule has 5 heteroatoms. The van der Waals surface area contributed by atoms with Crippen LogP contribution < -0.4 is 10.6 Å². The van der Waals surface area contributed by atoms with Crippen LogP contribution in [0.1, 0.15) is 37.1 Å². The number of para-hydroxylation sites is 1. The third kappa shape index (κ3) is 4.93. The van der Waals surface area contributed by atoms with Gasteiger partial charge in [-0.1, -0.05) is 32.0 Å². The second-order valence-corrected chi connectivity index (χ2v) is 5.77. The normalized spacial score (nSPS) is 10.7. The molecule has 1 aromatic heterocycles. The molecule has 0 aliphatic carbocycles. The molecule has 0 saturated carbocycles. The Balaban J connectivity index is 2.19. The summed E-state index contributed by atoms with van der Waals surface area (Å²) in [4.78, 5) is 9.14. The van der Waals surface area contributed by atoms with E-state index in [1.54, 1.807) is 7.11 Å². The summed E-state index contributed by atoms with van der Waals surface area (Å²) in [5, 5.41) is 6.77. The molecule has 130 valence electrons. The molecule has 24 heavy (non-hydrogen) atoms. The van der Waals surface area contributed by atoms with E-state index in [0.29, 0.717) is 5.95 Å². The lowest BCUT2D eigenvalue weighted by molar-refractivity contribution is 0.198. The second-order valence-electron chi connectivity index (χ2n) is 5.77. The molecule has 0 saturated heterocycles. The predicted molar refractivity (Wildman–Crippen MR) is 100 cm³/mol. The van der Waals surface area contributed by atoms with Gasteiger partial charge in [0.05, 0.1) is 0 Å². The van der Waals surface area contributed by atoms with E-state index in [9.17, 15) is 0 Å². The molecule has 0 spiro atoms. The Bertz CT molecular complexity index is 636. The molecular weight excluding hydrogens is 300 g/mol. The molecule has 0 aliphatic heterocycles. The molecule has 0 aliphatic rings. The van der Waals surface area contributed by atoms with Gasteiger partial charge in [0.25, 0.3) is 0 Å². The van der Waals surface area contributed by atoms with Gasteiger partial charge in [-0.15, -0.1) is 0 Å². The van der Waals surface area contributed by atoms with Crippen LogP contribution >= 0.6 is 0 Å². The zero-order chi connectivity index (χ0) is 17.4. The first-order chi connectivity index (χ1) is 11.7. The van der Waals surface area contributed by atoms with E-state index in [0.717, 1.165) is 49.6 Å². The van der Waals surface area contributed by atoms with E-state index >= 15 is 0 Å². The lowest BCUT2D eigenvalue weighted by Gasteiger charge is -2.15. The zero-order valence-corrected chi connectivity index (χ0v) is 15.1. The van der Waals surface area contributed by atoms with Gasteiger partial charge >= 0.3 is 0 Å². The standard InChI is InChI=1S/C19H28N4O/c1-5-15-9-7-10-16(6-2)18(15)23-19-21-14(3)13-17(22-19)20-11-8-12-24-4/h7,9-10,13H,5-6,8,11-12H2,1-4H3,(H2,20,21,22,23). The fraction of sp³-hybridized carbons (Fsp3) is 0.474. The van der Waals surface area contributed by atoms with Crippen LogP contribution in [0.2, 0.25) is 0 Å². The number of nitrogens with zero attached hydrogens (tertiary/aromatic N) is 2. The number of methoxy groups -OCH3 is 1. The molecular formula is C19H28N4O. The highest BCUT2D eigenvalue weighted by atomic mass is 16.5. The van der Waals surface area contributed by atoms with Crippen LogP contribution in [0.25, 0.3) is 0 Å². The first kappa shape index (κ1) is 18.2. The van der Waals surface area contributed by atoms with Gasteiger partial charge in [-0.05, 0) is 37.3 Å². The fourth-order valence-corrected chi connectivity index (χ4v) is 2.66. The van der Waals surface area contributed by atoms with Crippen LogP contribution in [0, 0.1) is 6.92 Å². The Morgan fingerprint density at radius 2 is 1.79 bits per heavy atom. The quantitative estimate of drug-likeness (QED) is 0.679. The van der Waals surface area contributed by atoms with Crippen molar-refractivity contribution in [1.29, 1.82) is 0 Å². The third-order valence-electron chi connectivity index (χ3n) is 3.92. The Labute approximate surface area is 144 Å². The summed E-state index contributed by atoms with van der Waals surface area (Å²) in [6.07, 6.45) is 2.90. The van der Waals surface area contributed by atoms with Crippen molar-refractivity contribution < 1.29 is 4.74 Å². The number of aryl methyl sites for hydroxylation is 3. The summed E-state index contributed by atoms with van der Waals surface area (Å²) in [7, 11) is 1.72. The minimum atomic E-state index is 0.639. The number of hydrogen-bond donors (Lipinski definition) is 2. The molecule has 2 aromatic rings. The molecule has 0 radical (unpaired) electrons. The molecule has 2 N–H and O–H groups in total. The van der Waals surface area contributed by atoms with Gasteiger partial charge in [-0.3, -0.25) is 0 Å². The Morgan fingerprint density at radius 3 is 2.42 bits per heavy atom. The summed E-state index contributed by atoms with van der Waals surface area (Å²) < 4.78 is 5.07. The highest BCUT2D eigenvalue weighted by Crippen LogP contribution is 2.25. The molecule has 0 unspecified atom stereocenters. The van der Waals surface area contributed by atoms with E-state index in [2.05, 4.69) is 52.6 Å². The third-order valence-corrected chi connectivity index (χ3v) is 3.92. The van der Waals surface area contributed by atoms with E-state index < -0.39 is 0 Å². The minimum absolute atomic E-state index is 0.639. The van der Waals surface area contributed by atoms with Gasteiger partial charge in [0.15, 0.2) is 0 Å². The molecule has 0 bridgehead atoms. The highest BCUT2D eigenvalue weighted by Gasteiger charge is 2.09. The molecule has 0 fully saturated rings. The smallest absolute Gasteiger partial charge is 0.229 e. The topological polar surface area (TPSA) is 59.1 Å². The van der Waals surface area contributed by atoms with Gasteiger partial charge in [0.2, 0.25) is 5.95 Å². The van der Waals surface area contributed by atoms with E-state index in [-0.39, 0.29) is 0 Å². The van der Waals surface area contributed by atoms with Crippen molar-refractivity contribution in [2.24, 2.45) is 0 Å². The number of nitrogens with one attached hydrogen (secondary N) is 2. The maximum absolute atomic E-state index is 5.07. The van der Waals surface area contributed by atoms with Crippen molar-refractivity contribution in [2.75, 3.05) is 30.9 Å². The number of ether oxygens (including phenoxy) is 1. The predicted octanol–water partition coefficient (Wildman–Crippen LogP) is 4.10. The number of benzene rings is 1. The molecule has 0 atom stereocenters. The van der Waals surface area contributed by atoms with Crippen LogP contribution in [0.4, 0.5) is 17.5 Å². The van der Waals surface area contributed by atoms with Crippen molar-refractivity contribution in [1.82, 2.24) is 9.97 Å². The number of anilines is 3. The van der Waals surface area contributed by atoms with Crippen molar-refractivity contribution in [3.05, 3.63) is 41.1 Å². The van der Waals surface area contributed by atoms with Crippen LogP contribution in [0.5, 0.6) is 0 Å². The number of rotatable bonds is 9. The largest absolute Gasteiger partial charge is 0.385 e. The van der Waals surface area contributed by atoms with Crippen LogP contribution in [0.3, 0.4) is 0 Å². The fourth-order valence-electron chi connectivity index (χ4n) is 2.66. The maximum Gasteiger partial charge on any atom is 0.229 e. The van der Waals surface area contributed by atoms with E-state index in [1.165, 1.54) is 11.1 Å². The lowest BCUT2D eigenvalue weighted by atomic mass is 10.0. The maximum atomic E-state index is 5.07. The van der Waals surface area contributed by atoms with Gasteiger partial charge in [-0.2, -0.15) is 4.98 Å². The van der Waals surface area contributed by atoms with Crippen molar-refractivity contribution in [3.63, 3.8) is 0 Å². The molecule has 2 rings (SSSR count). The first-order valence-electron chi connectivity index (χ1n) is 8.64. The first-order valence-corrected chi connectivity index (χ1v) is 8.64. The average molecular weight is 328 g/mol. The summed E-state index contributed by atoms with van der Waals surface area (Å²) in [6, 6.07) is 8.38. The van der Waals surface area contributed by atoms with Crippen LogP contribution in [-0.2, 0) is 17.6 Å². The van der Waals surface area contributed by atoms with Crippen LogP contribution in [-0.4, -0.2) is 30.2 Å². The average Bonchev–Trinajstić information content (AvgIpc) is 2.58. The second kappa shape index (κ2) is 9.23. The lowest BCUT2D eigenvalue weighted by Crippen LogP contribution is -2.09. The van der Waals surface area contributed by atoms with Gasteiger partial charge in [0, 0.05) is 37.7 Å². The monoisotopic (exact) mass is 328 g/mol. The molecule has 1 aromatic carbocycles. The molecule has 5 nitrogen and oxygen atoms in total. The summed E-state index contributed by atoms with van der Waals surface area (Å²) >= 11 is 0. The number of hydrogen-bond acceptors (Lipinski definition) is 5. The van der Waals surface area contributed by atoms with E-state index in [4.69, 9.17) is 4.74 Å². The molecule has 1 heterocycles. The van der Waals surface area contributed by atoms with Gasteiger partial charge < -0.3 is 15.4 Å². The van der Waals surface area contributed by atoms with Gasteiger partial charge in [0.1, 0.15) is 5.82 Å².